The molecule has 266 valence electrons. The van der Waals surface area contributed by atoms with Crippen molar-refractivity contribution in [1.82, 2.24) is 24.1 Å². The number of hydrogen-bond acceptors (Lipinski definition) is 4. The standard InChI is InChI=1S/C51H31N5O/c1-3-15-32(16-4-1)49-52-50(33-17-5-2-6-18-33)54-51(53-49)56-44-27-11-8-22-38(44)41-30-29-40-37-21-7-10-26-43(37)55(46(40)47(41)56)35-20-13-19-34(31-35)36-24-14-25-42-39-23-9-12-28-45(39)57-48(36)42/h1-31H. The molecule has 0 fully saturated rings. The molecule has 0 aliphatic carbocycles. The predicted octanol–water partition coefficient (Wildman–Crippen LogP) is 13.0. The molecule has 0 spiro atoms. The first-order valence-corrected chi connectivity index (χ1v) is 19.1. The second-order valence-electron chi connectivity index (χ2n) is 14.4. The zero-order valence-electron chi connectivity index (χ0n) is 30.5. The summed E-state index contributed by atoms with van der Waals surface area (Å²) in [6, 6.07) is 65.5. The molecule has 6 heteroatoms. The maximum atomic E-state index is 6.52. The fraction of sp³-hybridized carbons (Fsp3) is 0. The minimum absolute atomic E-state index is 0.559. The molecule has 6 nitrogen and oxygen atoms in total. The molecule has 0 aliphatic rings. The minimum atomic E-state index is 0.559. The molecule has 0 radical (unpaired) electrons. The van der Waals surface area contributed by atoms with E-state index in [2.05, 4.69) is 149 Å². The van der Waals surface area contributed by atoms with Gasteiger partial charge in [-0.3, -0.25) is 4.57 Å². The van der Waals surface area contributed by atoms with Crippen LogP contribution < -0.4 is 0 Å². The molecule has 8 aromatic carbocycles. The normalized spacial score (nSPS) is 11.9. The van der Waals surface area contributed by atoms with Crippen molar-refractivity contribution in [2.45, 2.75) is 0 Å². The number of nitrogens with zero attached hydrogens (tertiary/aromatic N) is 5. The van der Waals surface area contributed by atoms with Crippen molar-refractivity contribution < 1.29 is 4.42 Å². The molecule has 57 heavy (non-hydrogen) atoms. The zero-order valence-corrected chi connectivity index (χ0v) is 30.5. The van der Waals surface area contributed by atoms with Crippen LogP contribution in [0.4, 0.5) is 0 Å². The van der Waals surface area contributed by atoms with Gasteiger partial charge < -0.3 is 8.98 Å². The molecular weight excluding hydrogens is 699 g/mol. The Bertz CT molecular complexity index is 3470. The summed E-state index contributed by atoms with van der Waals surface area (Å²) in [4.78, 5) is 15.5. The van der Waals surface area contributed by atoms with Gasteiger partial charge in [0.25, 0.3) is 0 Å². The third kappa shape index (κ3) is 4.81. The van der Waals surface area contributed by atoms with Crippen LogP contribution in [0.25, 0.3) is 111 Å². The van der Waals surface area contributed by atoms with Crippen molar-refractivity contribution in [2.75, 3.05) is 0 Å². The predicted molar refractivity (Wildman–Crippen MR) is 232 cm³/mol. The van der Waals surface area contributed by atoms with Crippen LogP contribution in [-0.2, 0) is 0 Å². The van der Waals surface area contributed by atoms with E-state index in [4.69, 9.17) is 19.4 Å². The molecule has 4 heterocycles. The largest absolute Gasteiger partial charge is 0.455 e. The lowest BCUT2D eigenvalue weighted by atomic mass is 10.0. The van der Waals surface area contributed by atoms with Gasteiger partial charge in [-0.2, -0.15) is 9.97 Å². The van der Waals surface area contributed by atoms with Gasteiger partial charge in [0, 0.05) is 54.7 Å². The Morgan fingerprint density at radius 2 is 0.895 bits per heavy atom. The third-order valence-corrected chi connectivity index (χ3v) is 11.2. The molecule has 4 aromatic heterocycles. The van der Waals surface area contributed by atoms with Crippen molar-refractivity contribution in [2.24, 2.45) is 0 Å². The van der Waals surface area contributed by atoms with Crippen LogP contribution in [0.5, 0.6) is 0 Å². The van der Waals surface area contributed by atoms with Crippen LogP contribution >= 0.6 is 0 Å². The summed E-state index contributed by atoms with van der Waals surface area (Å²) in [5, 5.41) is 6.79. The quantitative estimate of drug-likeness (QED) is 0.177. The van der Waals surface area contributed by atoms with Crippen LogP contribution in [-0.4, -0.2) is 24.1 Å². The van der Waals surface area contributed by atoms with Gasteiger partial charge in [0.2, 0.25) is 5.95 Å². The van der Waals surface area contributed by atoms with Gasteiger partial charge >= 0.3 is 0 Å². The number of para-hydroxylation sites is 4. The topological polar surface area (TPSA) is 61.7 Å². The maximum Gasteiger partial charge on any atom is 0.238 e. The van der Waals surface area contributed by atoms with E-state index in [1.165, 1.54) is 5.39 Å². The Labute approximate surface area is 326 Å². The van der Waals surface area contributed by atoms with Crippen LogP contribution in [0.1, 0.15) is 0 Å². The van der Waals surface area contributed by atoms with E-state index >= 15 is 0 Å². The molecule has 0 saturated heterocycles. The molecule has 12 aromatic rings. The number of furan rings is 1. The van der Waals surface area contributed by atoms with Crippen molar-refractivity contribution in [3.05, 3.63) is 188 Å². The minimum Gasteiger partial charge on any atom is -0.455 e. The highest BCUT2D eigenvalue weighted by atomic mass is 16.3. The van der Waals surface area contributed by atoms with Gasteiger partial charge in [-0.25, -0.2) is 4.98 Å². The fourth-order valence-electron chi connectivity index (χ4n) is 8.66. The lowest BCUT2D eigenvalue weighted by Gasteiger charge is -2.14. The van der Waals surface area contributed by atoms with E-state index < -0.39 is 0 Å². The average molecular weight is 730 g/mol. The average Bonchev–Trinajstić information content (AvgIpc) is 3.95. The Morgan fingerprint density at radius 3 is 1.58 bits per heavy atom. The number of hydrogen-bond donors (Lipinski definition) is 0. The molecular formula is C51H31N5O. The summed E-state index contributed by atoms with van der Waals surface area (Å²) in [6.45, 7) is 0. The first-order chi connectivity index (χ1) is 28.3. The van der Waals surface area contributed by atoms with Crippen LogP contribution in [0.15, 0.2) is 192 Å². The Kier molecular flexibility index (Phi) is 6.83. The maximum absolute atomic E-state index is 6.52. The zero-order chi connectivity index (χ0) is 37.5. The fourth-order valence-corrected chi connectivity index (χ4v) is 8.66. The summed E-state index contributed by atoms with van der Waals surface area (Å²) in [5.74, 6) is 1.79. The van der Waals surface area contributed by atoms with Gasteiger partial charge in [0.1, 0.15) is 11.2 Å². The number of aromatic nitrogens is 5. The van der Waals surface area contributed by atoms with E-state index in [1.807, 2.05) is 48.5 Å². The molecule has 0 aliphatic heterocycles. The Morgan fingerprint density at radius 1 is 0.368 bits per heavy atom. The highest BCUT2D eigenvalue weighted by molar-refractivity contribution is 6.23. The van der Waals surface area contributed by atoms with Crippen LogP contribution in [0, 0.1) is 0 Å². The van der Waals surface area contributed by atoms with Gasteiger partial charge in [0.05, 0.1) is 22.1 Å². The number of rotatable bonds is 5. The monoisotopic (exact) mass is 729 g/mol. The summed E-state index contributed by atoms with van der Waals surface area (Å²) in [5.41, 5.74) is 11.0. The number of benzene rings is 8. The second kappa shape index (κ2) is 12.3. The summed E-state index contributed by atoms with van der Waals surface area (Å²) < 4.78 is 11.2. The SMILES string of the molecule is c1ccc(-c2nc(-c3ccccc3)nc(-n3c4ccccc4c4ccc5c6ccccc6n(-c6cccc(-c7cccc8c7oc7ccccc78)c6)c5c43)n2)cc1. The Balaban J connectivity index is 1.18. The highest BCUT2D eigenvalue weighted by Gasteiger charge is 2.24. The molecule has 0 N–H and O–H groups in total. The van der Waals surface area contributed by atoms with Gasteiger partial charge in [-0.1, -0.05) is 158 Å². The van der Waals surface area contributed by atoms with Crippen LogP contribution in [0.2, 0.25) is 0 Å². The van der Waals surface area contributed by atoms with E-state index in [0.717, 1.165) is 88.1 Å². The summed E-state index contributed by atoms with van der Waals surface area (Å²) >= 11 is 0. The first-order valence-electron chi connectivity index (χ1n) is 19.1. The molecule has 0 atom stereocenters. The van der Waals surface area contributed by atoms with Crippen molar-refractivity contribution in [3.8, 4) is 45.5 Å². The summed E-state index contributed by atoms with van der Waals surface area (Å²) in [7, 11) is 0. The van der Waals surface area contributed by atoms with Crippen molar-refractivity contribution >= 4 is 65.6 Å². The second-order valence-corrected chi connectivity index (χ2v) is 14.4. The molecule has 12 rings (SSSR count). The molecule has 0 amide bonds. The van der Waals surface area contributed by atoms with E-state index in [-0.39, 0.29) is 0 Å². The van der Waals surface area contributed by atoms with Crippen LogP contribution in [0.3, 0.4) is 0 Å². The third-order valence-electron chi connectivity index (χ3n) is 11.2. The molecule has 0 unspecified atom stereocenters. The lowest BCUT2D eigenvalue weighted by Crippen LogP contribution is -2.07. The van der Waals surface area contributed by atoms with Gasteiger partial charge in [-0.15, -0.1) is 0 Å². The first kappa shape index (κ1) is 31.5. The summed E-state index contributed by atoms with van der Waals surface area (Å²) in [6.07, 6.45) is 0. The smallest absolute Gasteiger partial charge is 0.238 e. The highest BCUT2D eigenvalue weighted by Crippen LogP contribution is 2.43. The Hall–Kier alpha value is -7.83. The number of fused-ring (bicyclic) bond motifs is 10. The van der Waals surface area contributed by atoms with E-state index in [1.54, 1.807) is 0 Å². The molecule has 0 saturated carbocycles. The van der Waals surface area contributed by atoms with Gasteiger partial charge in [0.15, 0.2) is 11.6 Å². The van der Waals surface area contributed by atoms with Crippen molar-refractivity contribution in [1.29, 1.82) is 0 Å². The van der Waals surface area contributed by atoms with Gasteiger partial charge in [-0.05, 0) is 35.9 Å². The lowest BCUT2D eigenvalue weighted by molar-refractivity contribution is 0.670. The van der Waals surface area contributed by atoms with Crippen molar-refractivity contribution in [3.63, 3.8) is 0 Å². The van der Waals surface area contributed by atoms with E-state index in [0.29, 0.717) is 17.6 Å². The molecule has 0 bridgehead atoms. The van der Waals surface area contributed by atoms with E-state index in [9.17, 15) is 0 Å².